The maximum atomic E-state index is 9.10. The van der Waals surface area contributed by atoms with E-state index in [0.29, 0.717) is 12.5 Å². The zero-order chi connectivity index (χ0) is 7.68. The summed E-state index contributed by atoms with van der Waals surface area (Å²) in [4.78, 5) is 0. The standard InChI is InChI=1S/C10H16O/c11-7-9-5-1-3-8-4-2-6-10(8)9/h1,3,8-11H,2,4-7H2/t8?,9?,10-/m1/s1. The first-order chi connectivity index (χ1) is 5.42. The van der Waals surface area contributed by atoms with Gasteiger partial charge in [-0.2, -0.15) is 0 Å². The van der Waals surface area contributed by atoms with Crippen molar-refractivity contribution in [3.05, 3.63) is 12.2 Å². The van der Waals surface area contributed by atoms with Gasteiger partial charge in [-0.3, -0.25) is 0 Å². The minimum atomic E-state index is 0.394. The molecule has 1 heteroatoms. The van der Waals surface area contributed by atoms with Gasteiger partial charge in [-0.15, -0.1) is 0 Å². The van der Waals surface area contributed by atoms with Gasteiger partial charge in [-0.25, -0.2) is 0 Å². The number of fused-ring (bicyclic) bond motifs is 1. The Labute approximate surface area is 68.1 Å². The molecule has 2 aliphatic rings. The zero-order valence-corrected chi connectivity index (χ0v) is 6.87. The number of allylic oxidation sites excluding steroid dienone is 2. The van der Waals surface area contributed by atoms with Crippen molar-refractivity contribution in [3.63, 3.8) is 0 Å². The molecule has 1 nitrogen and oxygen atoms in total. The monoisotopic (exact) mass is 152 g/mol. The van der Waals surface area contributed by atoms with Crippen LogP contribution in [-0.4, -0.2) is 11.7 Å². The third-order valence-electron chi connectivity index (χ3n) is 3.29. The Balaban J connectivity index is 2.09. The van der Waals surface area contributed by atoms with Crippen molar-refractivity contribution in [2.45, 2.75) is 25.7 Å². The summed E-state index contributed by atoms with van der Waals surface area (Å²) in [5, 5.41) is 9.10. The normalized spacial score (nSPS) is 42.5. The molecule has 11 heavy (non-hydrogen) atoms. The van der Waals surface area contributed by atoms with E-state index in [0.717, 1.165) is 18.3 Å². The van der Waals surface area contributed by atoms with Crippen LogP contribution in [0.5, 0.6) is 0 Å². The molecular formula is C10H16O. The van der Waals surface area contributed by atoms with E-state index < -0.39 is 0 Å². The van der Waals surface area contributed by atoms with Crippen LogP contribution in [0.25, 0.3) is 0 Å². The molecule has 2 rings (SSSR count). The smallest absolute Gasteiger partial charge is 0.0465 e. The van der Waals surface area contributed by atoms with Crippen molar-refractivity contribution in [1.29, 1.82) is 0 Å². The average molecular weight is 152 g/mol. The fourth-order valence-electron chi connectivity index (χ4n) is 2.65. The van der Waals surface area contributed by atoms with Crippen molar-refractivity contribution < 1.29 is 5.11 Å². The van der Waals surface area contributed by atoms with E-state index in [-0.39, 0.29) is 0 Å². The molecule has 0 amide bonds. The Morgan fingerprint density at radius 2 is 2.27 bits per heavy atom. The Hall–Kier alpha value is -0.300. The molecule has 0 spiro atoms. The molecule has 0 radical (unpaired) electrons. The highest BCUT2D eigenvalue weighted by Crippen LogP contribution is 2.41. The van der Waals surface area contributed by atoms with Gasteiger partial charge in [0.2, 0.25) is 0 Å². The fourth-order valence-corrected chi connectivity index (χ4v) is 2.65. The van der Waals surface area contributed by atoms with E-state index in [9.17, 15) is 0 Å². The first-order valence-electron chi connectivity index (χ1n) is 4.69. The van der Waals surface area contributed by atoms with Crippen molar-refractivity contribution in [1.82, 2.24) is 0 Å². The van der Waals surface area contributed by atoms with Gasteiger partial charge in [0.15, 0.2) is 0 Å². The minimum absolute atomic E-state index is 0.394. The maximum absolute atomic E-state index is 9.10. The summed E-state index contributed by atoms with van der Waals surface area (Å²) in [6.07, 6.45) is 9.81. The van der Waals surface area contributed by atoms with Gasteiger partial charge in [-0.1, -0.05) is 18.6 Å². The van der Waals surface area contributed by atoms with Crippen molar-refractivity contribution in [2.75, 3.05) is 6.61 Å². The Morgan fingerprint density at radius 1 is 1.36 bits per heavy atom. The average Bonchev–Trinajstić information content (AvgIpc) is 2.50. The summed E-state index contributed by atoms with van der Waals surface area (Å²) in [6, 6.07) is 0. The van der Waals surface area contributed by atoms with E-state index in [4.69, 9.17) is 5.11 Å². The summed E-state index contributed by atoms with van der Waals surface area (Å²) < 4.78 is 0. The van der Waals surface area contributed by atoms with Crippen LogP contribution in [-0.2, 0) is 0 Å². The largest absolute Gasteiger partial charge is 0.396 e. The number of hydrogen-bond donors (Lipinski definition) is 1. The molecule has 2 aliphatic carbocycles. The number of aliphatic hydroxyl groups is 1. The molecule has 3 atom stereocenters. The molecular weight excluding hydrogens is 136 g/mol. The molecule has 0 heterocycles. The summed E-state index contributed by atoms with van der Waals surface area (Å²) in [5.41, 5.74) is 0. The van der Waals surface area contributed by atoms with E-state index in [1.165, 1.54) is 19.3 Å². The highest BCUT2D eigenvalue weighted by atomic mass is 16.3. The van der Waals surface area contributed by atoms with Crippen molar-refractivity contribution in [2.24, 2.45) is 17.8 Å². The zero-order valence-electron chi connectivity index (χ0n) is 6.87. The topological polar surface area (TPSA) is 20.2 Å². The fraction of sp³-hybridized carbons (Fsp3) is 0.800. The lowest BCUT2D eigenvalue weighted by molar-refractivity contribution is 0.156. The van der Waals surface area contributed by atoms with Crippen LogP contribution in [0.4, 0.5) is 0 Å². The highest BCUT2D eigenvalue weighted by Gasteiger charge is 2.33. The van der Waals surface area contributed by atoms with E-state index in [2.05, 4.69) is 12.2 Å². The van der Waals surface area contributed by atoms with Crippen LogP contribution in [0, 0.1) is 17.8 Å². The van der Waals surface area contributed by atoms with Crippen LogP contribution >= 0.6 is 0 Å². The minimum Gasteiger partial charge on any atom is -0.396 e. The van der Waals surface area contributed by atoms with Gasteiger partial charge in [0.25, 0.3) is 0 Å². The van der Waals surface area contributed by atoms with Gasteiger partial charge >= 0.3 is 0 Å². The second-order valence-electron chi connectivity index (χ2n) is 3.87. The van der Waals surface area contributed by atoms with Crippen LogP contribution < -0.4 is 0 Å². The lowest BCUT2D eigenvalue weighted by Crippen LogP contribution is -2.23. The maximum Gasteiger partial charge on any atom is 0.0465 e. The van der Waals surface area contributed by atoms with Gasteiger partial charge in [-0.05, 0) is 37.0 Å². The van der Waals surface area contributed by atoms with Gasteiger partial charge in [0.05, 0.1) is 0 Å². The molecule has 1 fully saturated rings. The predicted molar refractivity (Wildman–Crippen MR) is 45.2 cm³/mol. The second-order valence-corrected chi connectivity index (χ2v) is 3.87. The summed E-state index contributed by atoms with van der Waals surface area (Å²) in [5.74, 6) is 2.19. The van der Waals surface area contributed by atoms with Crippen LogP contribution in [0.1, 0.15) is 25.7 Å². The van der Waals surface area contributed by atoms with Gasteiger partial charge < -0.3 is 5.11 Å². The number of hydrogen-bond acceptors (Lipinski definition) is 1. The summed E-state index contributed by atoms with van der Waals surface area (Å²) in [7, 11) is 0. The summed E-state index contributed by atoms with van der Waals surface area (Å²) in [6.45, 7) is 0.394. The molecule has 1 saturated carbocycles. The van der Waals surface area contributed by atoms with Gasteiger partial charge in [0.1, 0.15) is 0 Å². The molecule has 0 aromatic rings. The SMILES string of the molecule is OCC1CC=CC2CCC[C@H]21. The number of rotatable bonds is 1. The first kappa shape index (κ1) is 7.35. The summed E-state index contributed by atoms with van der Waals surface area (Å²) >= 11 is 0. The van der Waals surface area contributed by atoms with E-state index in [1.54, 1.807) is 0 Å². The quantitative estimate of drug-likeness (QED) is 0.569. The van der Waals surface area contributed by atoms with Crippen molar-refractivity contribution in [3.8, 4) is 0 Å². The third-order valence-corrected chi connectivity index (χ3v) is 3.29. The molecule has 1 N–H and O–H groups in total. The van der Waals surface area contributed by atoms with Crippen LogP contribution in [0.2, 0.25) is 0 Å². The lowest BCUT2D eigenvalue weighted by Gasteiger charge is -2.28. The molecule has 0 saturated heterocycles. The van der Waals surface area contributed by atoms with Crippen LogP contribution in [0.3, 0.4) is 0 Å². The second kappa shape index (κ2) is 2.98. The van der Waals surface area contributed by atoms with Crippen molar-refractivity contribution >= 4 is 0 Å². The molecule has 0 bridgehead atoms. The molecule has 62 valence electrons. The molecule has 0 aromatic carbocycles. The Bertz CT molecular complexity index is 162. The highest BCUT2D eigenvalue weighted by molar-refractivity contribution is 5.02. The Kier molecular flexibility index (Phi) is 1.99. The van der Waals surface area contributed by atoms with Gasteiger partial charge in [0, 0.05) is 6.61 Å². The predicted octanol–water partition coefficient (Wildman–Crippen LogP) is 1.97. The van der Waals surface area contributed by atoms with Crippen LogP contribution in [0.15, 0.2) is 12.2 Å². The van der Waals surface area contributed by atoms with E-state index >= 15 is 0 Å². The number of aliphatic hydroxyl groups excluding tert-OH is 1. The lowest BCUT2D eigenvalue weighted by atomic mass is 9.78. The van der Waals surface area contributed by atoms with E-state index in [1.807, 2.05) is 0 Å². The molecule has 2 unspecified atom stereocenters. The Morgan fingerprint density at radius 3 is 3.09 bits per heavy atom. The first-order valence-corrected chi connectivity index (χ1v) is 4.69. The molecule has 0 aliphatic heterocycles. The third kappa shape index (κ3) is 1.22. The molecule has 0 aromatic heterocycles.